The van der Waals surface area contributed by atoms with Crippen LogP contribution in [0.25, 0.3) is 10.9 Å². The number of hydrogen-bond acceptors (Lipinski definition) is 4. The summed E-state index contributed by atoms with van der Waals surface area (Å²) >= 11 is 0. The Kier molecular flexibility index (Phi) is 3.61. The third-order valence-electron chi connectivity index (χ3n) is 4.30. The van der Waals surface area contributed by atoms with E-state index in [1.165, 1.54) is 16.4 Å². The zero-order valence-corrected chi connectivity index (χ0v) is 14.3. The predicted octanol–water partition coefficient (Wildman–Crippen LogP) is 3.13. The molecular formula is C18H15FN2O3S. The molecule has 0 N–H and O–H groups in total. The fourth-order valence-corrected chi connectivity index (χ4v) is 4.46. The minimum absolute atomic E-state index is 0.0503. The van der Waals surface area contributed by atoms with Gasteiger partial charge in [-0.05, 0) is 54.4 Å². The molecule has 0 saturated heterocycles. The lowest BCUT2D eigenvalue weighted by Gasteiger charge is -2.19. The van der Waals surface area contributed by atoms with Gasteiger partial charge in [0.1, 0.15) is 17.4 Å². The summed E-state index contributed by atoms with van der Waals surface area (Å²) in [5, 5.41) is 0.931. The highest BCUT2D eigenvalue weighted by Crippen LogP contribution is 2.34. The molecule has 0 amide bonds. The highest BCUT2D eigenvalue weighted by atomic mass is 32.2. The summed E-state index contributed by atoms with van der Waals surface area (Å²) in [7, 11) is -2.21. The molecule has 0 radical (unpaired) electrons. The molecule has 2 heterocycles. The number of pyridine rings is 1. The maximum Gasteiger partial charge on any atom is 0.265 e. The zero-order valence-electron chi connectivity index (χ0n) is 13.4. The van der Waals surface area contributed by atoms with Gasteiger partial charge in [-0.3, -0.25) is 0 Å². The van der Waals surface area contributed by atoms with Gasteiger partial charge in [-0.15, -0.1) is 0 Å². The number of benzene rings is 2. The summed E-state index contributed by atoms with van der Waals surface area (Å²) in [6.45, 7) is 0.315. The molecule has 0 spiro atoms. The van der Waals surface area contributed by atoms with Crippen LogP contribution in [0.5, 0.6) is 5.75 Å². The molecule has 0 saturated carbocycles. The third-order valence-corrected chi connectivity index (χ3v) is 6.11. The van der Waals surface area contributed by atoms with Crippen molar-refractivity contribution in [3.8, 4) is 5.75 Å². The lowest BCUT2D eigenvalue weighted by atomic mass is 10.1. The third kappa shape index (κ3) is 2.60. The van der Waals surface area contributed by atoms with E-state index in [1.807, 2.05) is 18.2 Å². The fourth-order valence-electron chi connectivity index (χ4n) is 3.00. The van der Waals surface area contributed by atoms with Gasteiger partial charge in [-0.1, -0.05) is 0 Å². The van der Waals surface area contributed by atoms with Crippen molar-refractivity contribution < 1.29 is 17.5 Å². The molecule has 0 bridgehead atoms. The summed E-state index contributed by atoms with van der Waals surface area (Å²) < 4.78 is 45.4. The number of fused-ring (bicyclic) bond motifs is 2. The first-order chi connectivity index (χ1) is 12.0. The van der Waals surface area contributed by atoms with Crippen LogP contribution in [0.1, 0.15) is 5.56 Å². The van der Waals surface area contributed by atoms with Gasteiger partial charge in [0.15, 0.2) is 0 Å². The van der Waals surface area contributed by atoms with Crippen LogP contribution < -0.4 is 9.04 Å². The largest absolute Gasteiger partial charge is 0.497 e. The van der Waals surface area contributed by atoms with Gasteiger partial charge in [0, 0.05) is 18.0 Å². The molecule has 0 unspecified atom stereocenters. The first kappa shape index (κ1) is 15.8. The Balaban J connectivity index is 1.82. The van der Waals surface area contributed by atoms with Crippen LogP contribution in [0.3, 0.4) is 0 Å². The minimum atomic E-state index is -3.78. The SMILES string of the molecule is COc1ccc2cc3c(nc2c1)N(S(=O)(=O)c1ccc(F)cc1)CC3. The van der Waals surface area contributed by atoms with Crippen molar-refractivity contribution in [2.75, 3.05) is 18.0 Å². The van der Waals surface area contributed by atoms with Crippen LogP contribution in [0.4, 0.5) is 10.2 Å². The summed E-state index contributed by atoms with van der Waals surface area (Å²) in [6, 6.07) is 12.3. The molecule has 1 aliphatic rings. The van der Waals surface area contributed by atoms with E-state index in [0.717, 1.165) is 23.1 Å². The van der Waals surface area contributed by atoms with Crippen molar-refractivity contribution >= 4 is 26.7 Å². The second kappa shape index (κ2) is 5.70. The summed E-state index contributed by atoms with van der Waals surface area (Å²) in [4.78, 5) is 4.60. The molecule has 1 aliphatic heterocycles. The number of aromatic nitrogens is 1. The normalized spacial score (nSPS) is 13.9. The molecule has 2 aromatic carbocycles. The van der Waals surface area contributed by atoms with E-state index in [9.17, 15) is 12.8 Å². The Bertz CT molecular complexity index is 1070. The summed E-state index contributed by atoms with van der Waals surface area (Å²) in [5.41, 5.74) is 1.54. The van der Waals surface area contributed by atoms with Crippen molar-refractivity contribution in [2.24, 2.45) is 0 Å². The van der Waals surface area contributed by atoms with Gasteiger partial charge >= 0.3 is 0 Å². The number of sulfonamides is 1. The standard InChI is InChI=1S/C18H15FN2O3S/c1-24-15-5-2-12-10-13-8-9-21(18(13)20-17(12)11-15)25(22,23)16-6-3-14(19)4-7-16/h2-7,10-11H,8-9H2,1H3. The van der Waals surface area contributed by atoms with Crippen molar-refractivity contribution in [1.82, 2.24) is 4.98 Å². The van der Waals surface area contributed by atoms with Crippen LogP contribution in [0.2, 0.25) is 0 Å². The summed E-state index contributed by atoms with van der Waals surface area (Å²) in [6.07, 6.45) is 0.588. The molecule has 1 aromatic heterocycles. The number of nitrogens with zero attached hydrogens (tertiary/aromatic N) is 2. The molecule has 0 aliphatic carbocycles. The van der Waals surface area contributed by atoms with E-state index in [1.54, 1.807) is 13.2 Å². The average Bonchev–Trinajstić information content (AvgIpc) is 3.03. The number of anilines is 1. The van der Waals surface area contributed by atoms with Crippen molar-refractivity contribution in [3.63, 3.8) is 0 Å². The zero-order chi connectivity index (χ0) is 17.6. The highest BCUT2D eigenvalue weighted by molar-refractivity contribution is 7.92. The van der Waals surface area contributed by atoms with Crippen molar-refractivity contribution in [2.45, 2.75) is 11.3 Å². The monoisotopic (exact) mass is 358 g/mol. The number of methoxy groups -OCH3 is 1. The second-order valence-electron chi connectivity index (χ2n) is 5.81. The molecule has 0 fully saturated rings. The van der Waals surface area contributed by atoms with Gasteiger partial charge in [-0.25, -0.2) is 22.1 Å². The van der Waals surface area contributed by atoms with Gasteiger partial charge in [-0.2, -0.15) is 0 Å². The topological polar surface area (TPSA) is 59.5 Å². The molecule has 5 nitrogen and oxygen atoms in total. The quantitative estimate of drug-likeness (QED) is 0.722. The van der Waals surface area contributed by atoms with Crippen LogP contribution in [0, 0.1) is 5.82 Å². The Morgan fingerprint density at radius 1 is 1.12 bits per heavy atom. The van der Waals surface area contributed by atoms with Gasteiger partial charge < -0.3 is 4.74 Å². The molecule has 128 valence electrons. The van der Waals surface area contributed by atoms with Crippen LogP contribution >= 0.6 is 0 Å². The Labute approximate surface area is 144 Å². The van der Waals surface area contributed by atoms with E-state index in [2.05, 4.69) is 4.98 Å². The molecule has 3 aromatic rings. The predicted molar refractivity (Wildman–Crippen MR) is 92.9 cm³/mol. The number of halogens is 1. The van der Waals surface area contributed by atoms with Crippen LogP contribution in [-0.2, 0) is 16.4 Å². The minimum Gasteiger partial charge on any atom is -0.497 e. The van der Waals surface area contributed by atoms with E-state index in [-0.39, 0.29) is 4.90 Å². The van der Waals surface area contributed by atoms with E-state index in [4.69, 9.17) is 4.74 Å². The first-order valence-electron chi connectivity index (χ1n) is 7.75. The Hall–Kier alpha value is -2.67. The van der Waals surface area contributed by atoms with Crippen molar-refractivity contribution in [1.29, 1.82) is 0 Å². The highest BCUT2D eigenvalue weighted by Gasteiger charge is 2.32. The van der Waals surface area contributed by atoms with E-state index >= 15 is 0 Å². The van der Waals surface area contributed by atoms with Crippen LogP contribution in [-0.4, -0.2) is 27.1 Å². The van der Waals surface area contributed by atoms with Crippen LogP contribution in [0.15, 0.2) is 53.4 Å². The van der Waals surface area contributed by atoms with Gasteiger partial charge in [0.05, 0.1) is 17.5 Å². The molecular weight excluding hydrogens is 343 g/mol. The molecule has 25 heavy (non-hydrogen) atoms. The molecule has 0 atom stereocenters. The second-order valence-corrected chi connectivity index (χ2v) is 7.67. The smallest absolute Gasteiger partial charge is 0.265 e. The number of ether oxygens (including phenoxy) is 1. The Morgan fingerprint density at radius 2 is 1.88 bits per heavy atom. The lowest BCUT2D eigenvalue weighted by Crippen LogP contribution is -2.29. The average molecular weight is 358 g/mol. The summed E-state index contributed by atoms with van der Waals surface area (Å²) in [5.74, 6) is 0.605. The number of hydrogen-bond donors (Lipinski definition) is 0. The molecule has 7 heteroatoms. The van der Waals surface area contributed by atoms with Gasteiger partial charge in [0.2, 0.25) is 0 Å². The fraction of sp³-hybridized carbons (Fsp3) is 0.167. The molecule has 4 rings (SSSR count). The van der Waals surface area contributed by atoms with Gasteiger partial charge in [0.25, 0.3) is 10.0 Å². The number of rotatable bonds is 3. The lowest BCUT2D eigenvalue weighted by molar-refractivity contribution is 0.415. The van der Waals surface area contributed by atoms with E-state index < -0.39 is 15.8 Å². The van der Waals surface area contributed by atoms with Crippen molar-refractivity contribution in [3.05, 3.63) is 59.9 Å². The first-order valence-corrected chi connectivity index (χ1v) is 9.19. The Morgan fingerprint density at radius 3 is 2.60 bits per heavy atom. The van der Waals surface area contributed by atoms with E-state index in [0.29, 0.717) is 30.0 Å². The maximum atomic E-state index is 13.1. The maximum absolute atomic E-state index is 13.1.